The second-order valence-electron chi connectivity index (χ2n) is 4.08. The highest BCUT2D eigenvalue weighted by atomic mass is 16.6. The average Bonchev–Trinajstić information content (AvgIpc) is 2.63. The third kappa shape index (κ3) is 2.17. The van der Waals surface area contributed by atoms with E-state index in [-0.39, 0.29) is 12.1 Å². The molecule has 86 valence electrons. The molecule has 1 unspecified atom stereocenters. The van der Waals surface area contributed by atoms with E-state index in [1.54, 1.807) is 4.90 Å². The summed E-state index contributed by atoms with van der Waals surface area (Å²) in [5.41, 5.74) is 7.90. The van der Waals surface area contributed by atoms with Gasteiger partial charge in [-0.15, -0.1) is 0 Å². The molecule has 0 radical (unpaired) electrons. The fourth-order valence-electron chi connectivity index (χ4n) is 1.77. The number of nitrogens with zero attached hydrogens (tertiary/aromatic N) is 1. The van der Waals surface area contributed by atoms with Crippen LogP contribution in [-0.4, -0.2) is 30.2 Å². The second-order valence-corrected chi connectivity index (χ2v) is 4.08. The Balaban J connectivity index is 2.08. The topological polar surface area (TPSA) is 55.6 Å². The average molecular weight is 220 g/mol. The standard InChI is InChI=1S/C12H16N2O2/c1-9-2-4-10(5-3-9)7-14-11(6-13)8-16-12(14)15/h2-5,11H,6-8,13H2,1H3. The van der Waals surface area contributed by atoms with Crippen LogP contribution in [0.1, 0.15) is 11.1 Å². The lowest BCUT2D eigenvalue weighted by Gasteiger charge is -2.19. The van der Waals surface area contributed by atoms with Crippen molar-refractivity contribution < 1.29 is 9.53 Å². The van der Waals surface area contributed by atoms with Crippen molar-refractivity contribution in [2.75, 3.05) is 13.2 Å². The second kappa shape index (κ2) is 4.53. The number of amides is 1. The minimum Gasteiger partial charge on any atom is -0.447 e. The molecule has 0 bridgehead atoms. The van der Waals surface area contributed by atoms with E-state index in [1.807, 2.05) is 31.2 Å². The molecule has 0 saturated carbocycles. The zero-order valence-corrected chi connectivity index (χ0v) is 9.35. The van der Waals surface area contributed by atoms with E-state index >= 15 is 0 Å². The van der Waals surface area contributed by atoms with Crippen molar-refractivity contribution in [1.82, 2.24) is 4.90 Å². The summed E-state index contributed by atoms with van der Waals surface area (Å²) in [6, 6.07) is 8.12. The minimum atomic E-state index is -0.268. The van der Waals surface area contributed by atoms with Crippen LogP contribution in [0, 0.1) is 6.92 Å². The highest BCUT2D eigenvalue weighted by Gasteiger charge is 2.31. The number of benzene rings is 1. The highest BCUT2D eigenvalue weighted by Crippen LogP contribution is 2.16. The molecule has 1 aromatic rings. The van der Waals surface area contributed by atoms with Gasteiger partial charge >= 0.3 is 6.09 Å². The third-order valence-corrected chi connectivity index (χ3v) is 2.82. The Kier molecular flexibility index (Phi) is 3.10. The first-order chi connectivity index (χ1) is 7.70. The van der Waals surface area contributed by atoms with Crippen LogP contribution < -0.4 is 5.73 Å². The van der Waals surface area contributed by atoms with Crippen molar-refractivity contribution >= 4 is 6.09 Å². The van der Waals surface area contributed by atoms with Gasteiger partial charge in [0.15, 0.2) is 0 Å². The number of rotatable bonds is 3. The van der Waals surface area contributed by atoms with Gasteiger partial charge in [0.1, 0.15) is 6.61 Å². The Bertz CT molecular complexity index is 375. The molecule has 1 aliphatic rings. The molecule has 1 amide bonds. The van der Waals surface area contributed by atoms with E-state index in [2.05, 4.69) is 0 Å². The van der Waals surface area contributed by atoms with Crippen LogP contribution in [0.15, 0.2) is 24.3 Å². The fraction of sp³-hybridized carbons (Fsp3) is 0.417. The molecule has 1 heterocycles. The van der Waals surface area contributed by atoms with Crippen molar-refractivity contribution in [3.8, 4) is 0 Å². The predicted molar refractivity (Wildman–Crippen MR) is 60.9 cm³/mol. The highest BCUT2D eigenvalue weighted by molar-refractivity contribution is 5.70. The molecule has 2 N–H and O–H groups in total. The zero-order chi connectivity index (χ0) is 11.5. The molecule has 0 aromatic heterocycles. The van der Waals surface area contributed by atoms with E-state index in [9.17, 15) is 4.79 Å². The molecule has 0 spiro atoms. The summed E-state index contributed by atoms with van der Waals surface area (Å²) in [6.07, 6.45) is -0.268. The van der Waals surface area contributed by atoms with Crippen LogP contribution in [0.25, 0.3) is 0 Å². The first kappa shape index (κ1) is 11.0. The van der Waals surface area contributed by atoms with Crippen LogP contribution in [0.4, 0.5) is 4.79 Å². The normalized spacial score (nSPS) is 20.0. The molecule has 1 aliphatic heterocycles. The van der Waals surface area contributed by atoms with Gasteiger partial charge in [-0.05, 0) is 12.5 Å². The summed E-state index contributed by atoms with van der Waals surface area (Å²) >= 11 is 0. The van der Waals surface area contributed by atoms with Crippen molar-refractivity contribution in [2.45, 2.75) is 19.5 Å². The maximum absolute atomic E-state index is 11.5. The van der Waals surface area contributed by atoms with Gasteiger partial charge in [0.2, 0.25) is 0 Å². The number of aryl methyl sites for hydroxylation is 1. The van der Waals surface area contributed by atoms with E-state index < -0.39 is 0 Å². The van der Waals surface area contributed by atoms with Gasteiger partial charge in [-0.25, -0.2) is 4.79 Å². The third-order valence-electron chi connectivity index (χ3n) is 2.82. The predicted octanol–water partition coefficient (Wildman–Crippen LogP) is 1.27. The van der Waals surface area contributed by atoms with Crippen molar-refractivity contribution in [3.05, 3.63) is 35.4 Å². The van der Waals surface area contributed by atoms with Crippen LogP contribution in [0.2, 0.25) is 0 Å². The first-order valence-corrected chi connectivity index (χ1v) is 5.39. The van der Waals surface area contributed by atoms with Gasteiger partial charge in [-0.2, -0.15) is 0 Å². The molecule has 1 saturated heterocycles. The molecule has 16 heavy (non-hydrogen) atoms. The minimum absolute atomic E-state index is 0.00815. The number of ether oxygens (including phenoxy) is 1. The summed E-state index contributed by atoms with van der Waals surface area (Å²) in [6.45, 7) is 3.45. The van der Waals surface area contributed by atoms with Crippen molar-refractivity contribution in [3.63, 3.8) is 0 Å². The summed E-state index contributed by atoms with van der Waals surface area (Å²) in [5.74, 6) is 0. The number of nitrogens with two attached hydrogens (primary N) is 1. The van der Waals surface area contributed by atoms with Crippen LogP contribution in [-0.2, 0) is 11.3 Å². The zero-order valence-electron chi connectivity index (χ0n) is 9.35. The maximum Gasteiger partial charge on any atom is 0.410 e. The molecular formula is C12H16N2O2. The van der Waals surface area contributed by atoms with Gasteiger partial charge < -0.3 is 10.5 Å². The van der Waals surface area contributed by atoms with E-state index in [0.29, 0.717) is 19.7 Å². The number of carbonyl (C=O) groups excluding carboxylic acids is 1. The SMILES string of the molecule is Cc1ccc(CN2C(=O)OCC2CN)cc1. The molecule has 1 atom stereocenters. The Morgan fingerprint density at radius 2 is 2.12 bits per heavy atom. The molecule has 4 heteroatoms. The monoisotopic (exact) mass is 220 g/mol. The lowest BCUT2D eigenvalue weighted by atomic mass is 10.1. The maximum atomic E-state index is 11.5. The van der Waals surface area contributed by atoms with Gasteiger partial charge in [0, 0.05) is 13.1 Å². The Morgan fingerprint density at radius 3 is 2.75 bits per heavy atom. The molecule has 1 aromatic carbocycles. The van der Waals surface area contributed by atoms with Gasteiger partial charge in [0.25, 0.3) is 0 Å². The molecule has 1 fully saturated rings. The smallest absolute Gasteiger partial charge is 0.410 e. The number of hydrogen-bond acceptors (Lipinski definition) is 3. The Labute approximate surface area is 95.0 Å². The van der Waals surface area contributed by atoms with Crippen molar-refractivity contribution in [2.24, 2.45) is 5.73 Å². The summed E-state index contributed by atoms with van der Waals surface area (Å²) in [7, 11) is 0. The lowest BCUT2D eigenvalue weighted by Crippen LogP contribution is -2.38. The fourth-order valence-corrected chi connectivity index (χ4v) is 1.77. The van der Waals surface area contributed by atoms with E-state index in [0.717, 1.165) is 5.56 Å². The summed E-state index contributed by atoms with van der Waals surface area (Å²) in [4.78, 5) is 13.1. The quantitative estimate of drug-likeness (QED) is 0.834. The lowest BCUT2D eigenvalue weighted by molar-refractivity contribution is 0.156. The number of carbonyl (C=O) groups is 1. The van der Waals surface area contributed by atoms with E-state index in [1.165, 1.54) is 5.56 Å². The summed E-state index contributed by atoms with van der Waals surface area (Å²) in [5, 5.41) is 0. The first-order valence-electron chi connectivity index (χ1n) is 5.39. The number of cyclic esters (lactones) is 1. The Hall–Kier alpha value is -1.55. The molecule has 4 nitrogen and oxygen atoms in total. The van der Waals surface area contributed by atoms with Crippen molar-refractivity contribution in [1.29, 1.82) is 0 Å². The largest absolute Gasteiger partial charge is 0.447 e. The molecule has 0 aliphatic carbocycles. The van der Waals surface area contributed by atoms with Crippen LogP contribution in [0.3, 0.4) is 0 Å². The Morgan fingerprint density at radius 1 is 1.44 bits per heavy atom. The van der Waals surface area contributed by atoms with E-state index in [4.69, 9.17) is 10.5 Å². The van der Waals surface area contributed by atoms with Crippen LogP contribution in [0.5, 0.6) is 0 Å². The summed E-state index contributed by atoms with van der Waals surface area (Å²) < 4.78 is 4.97. The molecule has 2 rings (SSSR count). The van der Waals surface area contributed by atoms with Gasteiger partial charge in [-0.3, -0.25) is 4.90 Å². The van der Waals surface area contributed by atoms with Gasteiger partial charge in [-0.1, -0.05) is 29.8 Å². The molecular weight excluding hydrogens is 204 g/mol. The number of hydrogen-bond donors (Lipinski definition) is 1. The van der Waals surface area contributed by atoms with Gasteiger partial charge in [0.05, 0.1) is 6.04 Å². The van der Waals surface area contributed by atoms with Crippen LogP contribution >= 0.6 is 0 Å².